The Morgan fingerprint density at radius 2 is 2.13 bits per heavy atom. The lowest BCUT2D eigenvalue weighted by molar-refractivity contribution is 0.771. The lowest BCUT2D eigenvalue weighted by atomic mass is 10.3. The van der Waals surface area contributed by atoms with E-state index < -0.39 is 0 Å². The lowest BCUT2D eigenvalue weighted by Crippen LogP contribution is -1.97. The van der Waals surface area contributed by atoms with Gasteiger partial charge in [-0.05, 0) is 34.7 Å². The van der Waals surface area contributed by atoms with E-state index in [1.54, 1.807) is 10.9 Å². The van der Waals surface area contributed by atoms with Gasteiger partial charge in [0.05, 0.1) is 11.4 Å². The van der Waals surface area contributed by atoms with Gasteiger partial charge in [0.15, 0.2) is 5.82 Å². The number of aromatic nitrogens is 2. The van der Waals surface area contributed by atoms with Gasteiger partial charge < -0.3 is 11.1 Å². The number of para-hydroxylation sites is 1. The van der Waals surface area contributed by atoms with Crippen molar-refractivity contribution in [2.24, 2.45) is 7.05 Å². The fraction of sp³-hybridized carbons (Fsp3) is 0.100. The van der Waals surface area contributed by atoms with Crippen molar-refractivity contribution in [3.63, 3.8) is 0 Å². The molecule has 0 saturated heterocycles. The van der Waals surface area contributed by atoms with Gasteiger partial charge in [0.25, 0.3) is 0 Å². The zero-order chi connectivity index (χ0) is 10.8. The van der Waals surface area contributed by atoms with Crippen LogP contribution in [0.2, 0.25) is 0 Å². The average Bonchev–Trinajstić information content (AvgIpc) is 2.49. The van der Waals surface area contributed by atoms with Gasteiger partial charge in [0.1, 0.15) is 0 Å². The summed E-state index contributed by atoms with van der Waals surface area (Å²) in [5.41, 5.74) is 7.46. The van der Waals surface area contributed by atoms with Crippen molar-refractivity contribution in [2.75, 3.05) is 11.1 Å². The molecule has 0 fully saturated rings. The predicted molar refractivity (Wildman–Crippen MR) is 70.1 cm³/mol. The van der Waals surface area contributed by atoms with E-state index in [1.165, 1.54) is 0 Å². The Bertz CT molecular complexity index is 478. The smallest absolute Gasteiger partial charge is 0.175 e. The Morgan fingerprint density at radius 3 is 2.73 bits per heavy atom. The molecule has 78 valence electrons. The van der Waals surface area contributed by atoms with Crippen LogP contribution in [0, 0.1) is 3.57 Å². The molecule has 5 heteroatoms. The quantitative estimate of drug-likeness (QED) is 0.837. The van der Waals surface area contributed by atoms with Crippen LogP contribution in [0.3, 0.4) is 0 Å². The number of nitrogens with zero attached hydrogens (tertiary/aromatic N) is 2. The van der Waals surface area contributed by atoms with Crippen molar-refractivity contribution in [1.29, 1.82) is 0 Å². The second kappa shape index (κ2) is 4.09. The average molecular weight is 314 g/mol. The van der Waals surface area contributed by atoms with Crippen LogP contribution in [-0.2, 0) is 7.05 Å². The Balaban J connectivity index is 2.29. The minimum atomic E-state index is 0.650. The van der Waals surface area contributed by atoms with Crippen molar-refractivity contribution in [3.8, 4) is 0 Å². The number of nitrogen functional groups attached to an aromatic ring is 1. The van der Waals surface area contributed by atoms with Gasteiger partial charge in [0.2, 0.25) is 0 Å². The third-order valence-corrected chi connectivity index (χ3v) is 2.92. The van der Waals surface area contributed by atoms with E-state index in [9.17, 15) is 0 Å². The van der Waals surface area contributed by atoms with Gasteiger partial charge in [-0.2, -0.15) is 5.10 Å². The third kappa shape index (κ3) is 2.23. The second-order valence-electron chi connectivity index (χ2n) is 3.21. The molecule has 0 bridgehead atoms. The molecule has 1 heterocycles. The summed E-state index contributed by atoms with van der Waals surface area (Å²) in [6, 6.07) is 8.00. The van der Waals surface area contributed by atoms with Gasteiger partial charge in [-0.3, -0.25) is 4.68 Å². The zero-order valence-electron chi connectivity index (χ0n) is 8.24. The largest absolute Gasteiger partial charge is 0.394 e. The fourth-order valence-corrected chi connectivity index (χ4v) is 1.82. The topological polar surface area (TPSA) is 55.9 Å². The molecule has 1 aromatic carbocycles. The van der Waals surface area contributed by atoms with Gasteiger partial charge in [0, 0.05) is 16.8 Å². The van der Waals surface area contributed by atoms with E-state index in [1.807, 2.05) is 31.3 Å². The first-order valence-electron chi connectivity index (χ1n) is 4.47. The first-order valence-corrected chi connectivity index (χ1v) is 5.55. The first-order chi connectivity index (χ1) is 7.16. The molecule has 0 aliphatic rings. The van der Waals surface area contributed by atoms with Crippen molar-refractivity contribution in [2.45, 2.75) is 0 Å². The Hall–Kier alpha value is -1.24. The monoisotopic (exact) mass is 314 g/mol. The Labute approximate surface area is 102 Å². The van der Waals surface area contributed by atoms with Crippen molar-refractivity contribution >= 4 is 39.8 Å². The predicted octanol–water partition coefficient (Wildman–Crippen LogP) is 2.35. The van der Waals surface area contributed by atoms with E-state index >= 15 is 0 Å². The maximum Gasteiger partial charge on any atom is 0.175 e. The molecule has 4 nitrogen and oxygen atoms in total. The first kappa shape index (κ1) is 10.3. The van der Waals surface area contributed by atoms with Crippen LogP contribution >= 0.6 is 22.6 Å². The van der Waals surface area contributed by atoms with E-state index in [0.29, 0.717) is 11.5 Å². The molecule has 0 atom stereocenters. The van der Waals surface area contributed by atoms with E-state index in [2.05, 4.69) is 33.0 Å². The molecule has 0 unspecified atom stereocenters. The number of rotatable bonds is 2. The van der Waals surface area contributed by atoms with Gasteiger partial charge in [-0.15, -0.1) is 0 Å². The Kier molecular flexibility index (Phi) is 2.81. The van der Waals surface area contributed by atoms with Crippen molar-refractivity contribution < 1.29 is 0 Å². The number of nitrogens with two attached hydrogens (primary N) is 1. The number of hydrogen-bond acceptors (Lipinski definition) is 3. The molecule has 1 aromatic heterocycles. The van der Waals surface area contributed by atoms with Crippen LogP contribution in [0.1, 0.15) is 0 Å². The molecular weight excluding hydrogens is 303 g/mol. The van der Waals surface area contributed by atoms with Gasteiger partial charge in [-0.25, -0.2) is 0 Å². The molecular formula is C10H11IN4. The molecule has 2 aromatic rings. The summed E-state index contributed by atoms with van der Waals surface area (Å²) < 4.78 is 2.83. The van der Waals surface area contributed by atoms with Gasteiger partial charge in [-0.1, -0.05) is 12.1 Å². The third-order valence-electron chi connectivity index (χ3n) is 1.98. The summed E-state index contributed by atoms with van der Waals surface area (Å²) in [6.07, 6.45) is 1.78. The highest BCUT2D eigenvalue weighted by Gasteiger charge is 2.05. The summed E-state index contributed by atoms with van der Waals surface area (Å²) in [7, 11) is 1.84. The van der Waals surface area contributed by atoms with Crippen LogP contribution in [0.15, 0.2) is 30.5 Å². The van der Waals surface area contributed by atoms with Crippen LogP contribution < -0.4 is 11.1 Å². The summed E-state index contributed by atoms with van der Waals surface area (Å²) in [5.74, 6) is 0.696. The highest BCUT2D eigenvalue weighted by atomic mass is 127. The molecule has 0 radical (unpaired) electrons. The second-order valence-corrected chi connectivity index (χ2v) is 4.37. The highest BCUT2D eigenvalue weighted by molar-refractivity contribution is 14.1. The summed E-state index contributed by atoms with van der Waals surface area (Å²) in [4.78, 5) is 0. The number of halogens is 1. The van der Waals surface area contributed by atoms with Crippen molar-refractivity contribution in [3.05, 3.63) is 34.0 Å². The molecule has 2 rings (SSSR count). The van der Waals surface area contributed by atoms with Crippen LogP contribution in [0.4, 0.5) is 17.2 Å². The molecule has 3 N–H and O–H groups in total. The number of hydrogen-bond donors (Lipinski definition) is 2. The summed E-state index contributed by atoms with van der Waals surface area (Å²) in [5, 5.41) is 7.42. The minimum Gasteiger partial charge on any atom is -0.394 e. The number of nitrogens with one attached hydrogen (secondary N) is 1. The van der Waals surface area contributed by atoms with E-state index in [-0.39, 0.29) is 0 Å². The van der Waals surface area contributed by atoms with Crippen LogP contribution in [0.25, 0.3) is 0 Å². The van der Waals surface area contributed by atoms with Crippen LogP contribution in [-0.4, -0.2) is 9.78 Å². The fourth-order valence-electron chi connectivity index (χ4n) is 1.29. The molecule has 0 saturated carbocycles. The maximum atomic E-state index is 5.79. The number of benzene rings is 1. The molecule has 0 aliphatic heterocycles. The summed E-state index contributed by atoms with van der Waals surface area (Å²) in [6.45, 7) is 0. The minimum absolute atomic E-state index is 0.650. The molecule has 15 heavy (non-hydrogen) atoms. The van der Waals surface area contributed by atoms with Gasteiger partial charge >= 0.3 is 0 Å². The standard InChI is InChI=1S/C10H11IN4/c1-15-6-8(12)10(14-15)13-9-5-3-2-4-7(9)11/h2-6H,12H2,1H3,(H,13,14). The highest BCUT2D eigenvalue weighted by Crippen LogP contribution is 2.24. The Morgan fingerprint density at radius 1 is 1.40 bits per heavy atom. The lowest BCUT2D eigenvalue weighted by Gasteiger charge is -2.05. The molecule has 0 amide bonds. The normalized spacial score (nSPS) is 10.3. The molecule has 0 spiro atoms. The van der Waals surface area contributed by atoms with Crippen LogP contribution in [0.5, 0.6) is 0 Å². The number of aryl methyl sites for hydroxylation is 1. The number of anilines is 3. The summed E-state index contributed by atoms with van der Waals surface area (Å²) >= 11 is 2.27. The van der Waals surface area contributed by atoms with Crippen molar-refractivity contribution in [1.82, 2.24) is 9.78 Å². The SMILES string of the molecule is Cn1cc(N)c(Nc2ccccc2I)n1. The van der Waals surface area contributed by atoms with E-state index in [4.69, 9.17) is 5.73 Å². The molecule has 0 aliphatic carbocycles. The zero-order valence-corrected chi connectivity index (χ0v) is 10.4. The van der Waals surface area contributed by atoms with E-state index in [0.717, 1.165) is 9.26 Å². The maximum absolute atomic E-state index is 5.79.